The number of aliphatic hydroxyl groups is 3. The van der Waals surface area contributed by atoms with Crippen LogP contribution in [0.1, 0.15) is 42.5 Å². The number of benzene rings is 1. The van der Waals surface area contributed by atoms with Gasteiger partial charge in [-0.2, -0.15) is 0 Å². The van der Waals surface area contributed by atoms with Gasteiger partial charge in [0.25, 0.3) is 5.91 Å². The monoisotopic (exact) mass is 543 g/mol. The van der Waals surface area contributed by atoms with Crippen molar-refractivity contribution in [2.45, 2.75) is 51.3 Å². The van der Waals surface area contributed by atoms with Crippen LogP contribution in [-0.2, 0) is 33.8 Å². The second-order valence-corrected chi connectivity index (χ2v) is 11.8. The molecule has 10 nitrogen and oxygen atoms in total. The molecule has 1 heterocycles. The minimum absolute atomic E-state index is 0.0641. The van der Waals surface area contributed by atoms with Crippen LogP contribution in [0, 0.1) is 23.6 Å². The van der Waals surface area contributed by atoms with Crippen LogP contribution < -0.4 is 5.73 Å². The first kappa shape index (κ1) is 27.3. The highest BCUT2D eigenvalue weighted by Gasteiger charge is 2.64. The maximum absolute atomic E-state index is 16.1. The van der Waals surface area contributed by atoms with Gasteiger partial charge in [-0.15, -0.1) is 0 Å². The third kappa shape index (κ3) is 3.74. The van der Waals surface area contributed by atoms with Gasteiger partial charge in [0.05, 0.1) is 11.6 Å². The van der Waals surface area contributed by atoms with Crippen LogP contribution in [-0.4, -0.2) is 86.5 Å². The third-order valence-electron chi connectivity index (χ3n) is 8.71. The fourth-order valence-corrected chi connectivity index (χ4v) is 7.12. The summed E-state index contributed by atoms with van der Waals surface area (Å²) in [5.41, 5.74) is 2.07. The summed E-state index contributed by atoms with van der Waals surface area (Å²) in [4.78, 5) is 42.7. The third-order valence-corrected chi connectivity index (χ3v) is 8.71. The summed E-state index contributed by atoms with van der Waals surface area (Å²) in [7, 11) is 3.06. The number of Topliss-reactive ketones (excluding diaryl/α,β-unsaturated/α-hetero) is 2. The predicted molar refractivity (Wildman–Crippen MR) is 138 cm³/mol. The van der Waals surface area contributed by atoms with Crippen molar-refractivity contribution in [3.8, 4) is 5.75 Å². The van der Waals surface area contributed by atoms with Crippen LogP contribution >= 0.6 is 0 Å². The molecule has 4 atom stereocenters. The highest BCUT2D eigenvalue weighted by molar-refractivity contribution is 6.24. The van der Waals surface area contributed by atoms with Gasteiger partial charge in [-0.3, -0.25) is 24.2 Å². The number of hydrogen-bond donors (Lipinski definition) is 5. The van der Waals surface area contributed by atoms with Gasteiger partial charge in [0.15, 0.2) is 11.4 Å². The minimum atomic E-state index is -2.72. The molecule has 0 aromatic heterocycles. The molecule has 0 spiro atoms. The maximum atomic E-state index is 16.1. The van der Waals surface area contributed by atoms with Crippen molar-refractivity contribution >= 4 is 23.2 Å². The van der Waals surface area contributed by atoms with E-state index in [-0.39, 0.29) is 35.3 Å². The number of phenols is 1. The molecule has 5 rings (SSSR count). The molecule has 1 aromatic rings. The van der Waals surface area contributed by atoms with E-state index in [0.29, 0.717) is 36.6 Å². The standard InChI is InChI=1S/C28H34FN3O7/c1-11(2)9-32-6-5-13-15(10-32)20(29)14-7-12-8-16-21(31(3)4)24(35)19(27(30)38)26(37)28(16,39)25(36)17(12)23(34)18(14)22(13)33/h11-12,16,21,33-34,37,39H,5-10H2,1-4H3,(H2,30,38)/t12-,16-,21-,28-/m0/s1. The molecule has 0 saturated heterocycles. The topological polar surface area (TPSA) is 165 Å². The lowest BCUT2D eigenvalue weighted by Gasteiger charge is -2.50. The summed E-state index contributed by atoms with van der Waals surface area (Å²) in [6.07, 6.45) is 0.204. The van der Waals surface area contributed by atoms with Crippen molar-refractivity contribution in [1.82, 2.24) is 9.80 Å². The van der Waals surface area contributed by atoms with Gasteiger partial charge in [0.2, 0.25) is 5.78 Å². The normalized spacial score (nSPS) is 29.0. The lowest BCUT2D eigenvalue weighted by atomic mass is 9.57. The number of amides is 1. The van der Waals surface area contributed by atoms with Gasteiger partial charge < -0.3 is 26.2 Å². The van der Waals surface area contributed by atoms with Gasteiger partial charge in [-0.25, -0.2) is 4.39 Å². The SMILES string of the molecule is CC(C)CN1CCc2c(O)c3c(c(F)c2C1)C[C@H]1C[C@H]2[C@H](N(C)C)C(=O)C(C(N)=O)=C(O)[C@@]2(O)C(=O)C1=C3O. The Morgan fingerprint density at radius 2 is 1.85 bits per heavy atom. The van der Waals surface area contributed by atoms with Crippen LogP contribution in [0.3, 0.4) is 0 Å². The zero-order valence-corrected chi connectivity index (χ0v) is 22.4. The molecule has 210 valence electrons. The lowest BCUT2D eigenvalue weighted by Crippen LogP contribution is -2.65. The molecular formula is C28H34FN3O7. The Labute approximate surface area is 225 Å². The molecular weight excluding hydrogens is 509 g/mol. The van der Waals surface area contributed by atoms with Crippen LogP contribution in [0.4, 0.5) is 4.39 Å². The number of primary amides is 1. The number of carbonyl (C=O) groups excluding carboxylic acids is 3. The fourth-order valence-electron chi connectivity index (χ4n) is 7.12. The average molecular weight is 544 g/mol. The van der Waals surface area contributed by atoms with E-state index in [1.165, 1.54) is 19.0 Å². The Morgan fingerprint density at radius 1 is 1.18 bits per heavy atom. The number of fused-ring (bicyclic) bond motifs is 4. The van der Waals surface area contributed by atoms with E-state index in [9.17, 15) is 34.8 Å². The maximum Gasteiger partial charge on any atom is 0.255 e. The Morgan fingerprint density at radius 3 is 2.44 bits per heavy atom. The van der Waals surface area contributed by atoms with Gasteiger partial charge in [0, 0.05) is 47.8 Å². The van der Waals surface area contributed by atoms with Gasteiger partial charge in [-0.1, -0.05) is 13.8 Å². The number of aliphatic hydroxyl groups excluding tert-OH is 2. The van der Waals surface area contributed by atoms with Crippen LogP contribution in [0.5, 0.6) is 5.75 Å². The first-order valence-electron chi connectivity index (χ1n) is 13.1. The van der Waals surface area contributed by atoms with Gasteiger partial charge in [0.1, 0.15) is 28.7 Å². The number of nitrogens with two attached hydrogens (primary N) is 1. The van der Waals surface area contributed by atoms with E-state index in [0.717, 1.165) is 6.54 Å². The first-order chi connectivity index (χ1) is 18.2. The number of hydrogen-bond acceptors (Lipinski definition) is 9. The summed E-state index contributed by atoms with van der Waals surface area (Å²) < 4.78 is 16.1. The molecule has 39 heavy (non-hydrogen) atoms. The minimum Gasteiger partial charge on any atom is -0.508 e. The molecule has 0 unspecified atom stereocenters. The Hall–Kier alpha value is -3.28. The zero-order valence-electron chi connectivity index (χ0n) is 22.4. The van der Waals surface area contributed by atoms with Crippen molar-refractivity contribution in [2.24, 2.45) is 23.5 Å². The molecule has 6 N–H and O–H groups in total. The van der Waals surface area contributed by atoms with E-state index in [2.05, 4.69) is 18.7 Å². The number of rotatable bonds is 4. The average Bonchev–Trinajstić information content (AvgIpc) is 2.83. The van der Waals surface area contributed by atoms with Crippen LogP contribution in [0.2, 0.25) is 0 Å². The lowest BCUT2D eigenvalue weighted by molar-refractivity contribution is -0.153. The molecule has 3 aliphatic carbocycles. The largest absolute Gasteiger partial charge is 0.508 e. The molecule has 0 radical (unpaired) electrons. The van der Waals surface area contributed by atoms with Crippen LogP contribution in [0.25, 0.3) is 5.76 Å². The molecule has 4 aliphatic rings. The molecule has 1 aromatic carbocycles. The number of halogens is 1. The van der Waals surface area contributed by atoms with Crippen molar-refractivity contribution in [2.75, 3.05) is 27.2 Å². The quantitative estimate of drug-likeness (QED) is 0.350. The van der Waals surface area contributed by atoms with Crippen molar-refractivity contribution in [3.05, 3.63) is 45.0 Å². The summed E-state index contributed by atoms with van der Waals surface area (Å²) in [6.45, 7) is 5.78. The van der Waals surface area contributed by atoms with Gasteiger partial charge >= 0.3 is 0 Å². The number of ketones is 2. The summed E-state index contributed by atoms with van der Waals surface area (Å²) in [5.74, 6) is -7.55. The van der Waals surface area contributed by atoms with E-state index in [1.54, 1.807) is 0 Å². The number of nitrogens with zero attached hydrogens (tertiary/aromatic N) is 2. The van der Waals surface area contributed by atoms with E-state index < -0.39 is 63.9 Å². The van der Waals surface area contributed by atoms with Crippen molar-refractivity contribution in [3.63, 3.8) is 0 Å². The second kappa shape index (κ2) is 9.14. The van der Waals surface area contributed by atoms with E-state index >= 15 is 4.39 Å². The smallest absolute Gasteiger partial charge is 0.255 e. The first-order valence-corrected chi connectivity index (χ1v) is 13.1. The Balaban J connectivity index is 1.68. The number of carbonyl (C=O) groups is 3. The molecule has 1 saturated carbocycles. The Kier molecular flexibility index (Phi) is 6.40. The van der Waals surface area contributed by atoms with Crippen molar-refractivity contribution in [1.29, 1.82) is 0 Å². The number of aromatic hydroxyl groups is 1. The van der Waals surface area contributed by atoms with Crippen LogP contribution in [0.15, 0.2) is 16.9 Å². The molecule has 0 bridgehead atoms. The van der Waals surface area contributed by atoms with Gasteiger partial charge in [-0.05, 0) is 45.2 Å². The highest BCUT2D eigenvalue weighted by atomic mass is 19.1. The van der Waals surface area contributed by atoms with E-state index in [1.807, 2.05) is 0 Å². The molecule has 11 heteroatoms. The molecule has 1 aliphatic heterocycles. The number of likely N-dealkylation sites (N-methyl/N-ethyl adjacent to an activating group) is 1. The Bertz CT molecular complexity index is 1380. The summed E-state index contributed by atoms with van der Waals surface area (Å²) >= 11 is 0. The highest BCUT2D eigenvalue weighted by Crippen LogP contribution is 2.53. The predicted octanol–water partition coefficient (Wildman–Crippen LogP) is 1.12. The second-order valence-electron chi connectivity index (χ2n) is 11.8. The molecule has 1 amide bonds. The van der Waals surface area contributed by atoms with Crippen molar-refractivity contribution < 1.29 is 39.2 Å². The van der Waals surface area contributed by atoms with E-state index in [4.69, 9.17) is 5.73 Å². The number of phenolic OH excluding ortho intramolecular Hbond substituents is 1. The molecule has 1 fully saturated rings. The summed E-state index contributed by atoms with van der Waals surface area (Å²) in [5, 5.41) is 45.1. The fraction of sp³-hybridized carbons (Fsp3) is 0.536. The zero-order chi connectivity index (χ0) is 28.7. The summed E-state index contributed by atoms with van der Waals surface area (Å²) in [6, 6.07) is -1.19.